The van der Waals surface area contributed by atoms with Crippen LogP contribution in [0.1, 0.15) is 72.8 Å². The van der Waals surface area contributed by atoms with E-state index in [2.05, 4.69) is 52.0 Å². The van der Waals surface area contributed by atoms with Gasteiger partial charge in [0.25, 0.3) is 0 Å². The Morgan fingerprint density at radius 1 is 1.00 bits per heavy atom. The van der Waals surface area contributed by atoms with Crippen LogP contribution in [0.15, 0.2) is 42.5 Å². The van der Waals surface area contributed by atoms with Crippen molar-refractivity contribution >= 4 is 5.78 Å². The van der Waals surface area contributed by atoms with Crippen molar-refractivity contribution in [3.05, 3.63) is 48.0 Å². The average molecular weight is 293 g/mol. The number of rotatable bonds is 4. The zero-order valence-electron chi connectivity index (χ0n) is 15.3. The maximum absolute atomic E-state index is 10.4. The predicted molar refractivity (Wildman–Crippen MR) is 97.8 cm³/mol. The van der Waals surface area contributed by atoms with E-state index in [1.165, 1.54) is 12.0 Å². The molecule has 0 atom stereocenters. The molecule has 0 aliphatic heterocycles. The first-order chi connectivity index (χ1) is 10.1. The molecule has 0 fully saturated rings. The van der Waals surface area contributed by atoms with E-state index in [0.717, 1.165) is 12.8 Å². The SMILES string of the molecule is CC.CC/C=C/CCC(C)=O.CCC.Cc1ccccc1. The monoisotopic (exact) mass is 292 g/mol. The quantitative estimate of drug-likeness (QED) is 0.560. The first-order valence-corrected chi connectivity index (χ1v) is 8.24. The van der Waals surface area contributed by atoms with Gasteiger partial charge in [-0.25, -0.2) is 0 Å². The zero-order chi connectivity index (χ0) is 16.9. The molecule has 0 saturated heterocycles. The number of hydrogen-bond donors (Lipinski definition) is 0. The summed E-state index contributed by atoms with van der Waals surface area (Å²) in [6.45, 7) is 14.0. The molecule has 122 valence electrons. The van der Waals surface area contributed by atoms with Crippen molar-refractivity contribution in [3.8, 4) is 0 Å². The minimum atomic E-state index is 0.274. The summed E-state index contributed by atoms with van der Waals surface area (Å²) in [5, 5.41) is 0. The Morgan fingerprint density at radius 3 is 1.76 bits per heavy atom. The van der Waals surface area contributed by atoms with Crippen molar-refractivity contribution in [3.63, 3.8) is 0 Å². The fourth-order valence-corrected chi connectivity index (χ4v) is 1.11. The molecule has 1 aromatic rings. The lowest BCUT2D eigenvalue weighted by Gasteiger charge is -1.85. The van der Waals surface area contributed by atoms with E-state index in [1.54, 1.807) is 6.92 Å². The zero-order valence-corrected chi connectivity index (χ0v) is 15.3. The van der Waals surface area contributed by atoms with Crippen molar-refractivity contribution in [2.75, 3.05) is 0 Å². The molecule has 0 amide bonds. The van der Waals surface area contributed by atoms with Gasteiger partial charge in [0.2, 0.25) is 0 Å². The molecule has 0 saturated carbocycles. The highest BCUT2D eigenvalue weighted by Gasteiger charge is 1.86. The van der Waals surface area contributed by atoms with Crippen LogP contribution in [0.3, 0.4) is 0 Å². The summed E-state index contributed by atoms with van der Waals surface area (Å²) in [5.74, 6) is 0.274. The number of carbonyl (C=O) groups excluding carboxylic acids is 1. The van der Waals surface area contributed by atoms with Gasteiger partial charge in [0.05, 0.1) is 0 Å². The fourth-order valence-electron chi connectivity index (χ4n) is 1.11. The Hall–Kier alpha value is -1.37. The van der Waals surface area contributed by atoms with Gasteiger partial charge in [0.1, 0.15) is 5.78 Å². The topological polar surface area (TPSA) is 17.1 Å². The lowest BCUT2D eigenvalue weighted by atomic mass is 10.2. The van der Waals surface area contributed by atoms with Gasteiger partial charge in [-0.2, -0.15) is 0 Å². The van der Waals surface area contributed by atoms with E-state index in [4.69, 9.17) is 0 Å². The molecule has 1 heteroatoms. The third-order valence-electron chi connectivity index (χ3n) is 2.01. The van der Waals surface area contributed by atoms with E-state index in [1.807, 2.05) is 32.0 Å². The van der Waals surface area contributed by atoms with Crippen LogP contribution in [0.2, 0.25) is 0 Å². The summed E-state index contributed by atoms with van der Waals surface area (Å²) in [4.78, 5) is 10.4. The molecule has 1 rings (SSSR count). The summed E-state index contributed by atoms with van der Waals surface area (Å²) in [7, 11) is 0. The summed E-state index contributed by atoms with van der Waals surface area (Å²) in [6.07, 6.45) is 8.06. The van der Waals surface area contributed by atoms with Gasteiger partial charge in [0.15, 0.2) is 0 Å². The molecule has 0 aliphatic carbocycles. The maximum Gasteiger partial charge on any atom is 0.130 e. The van der Waals surface area contributed by atoms with E-state index in [-0.39, 0.29) is 5.78 Å². The molecule has 0 spiro atoms. The largest absolute Gasteiger partial charge is 0.300 e. The minimum Gasteiger partial charge on any atom is -0.300 e. The number of ketones is 1. The third kappa shape index (κ3) is 32.3. The molecule has 0 aliphatic rings. The second kappa shape index (κ2) is 23.7. The van der Waals surface area contributed by atoms with Crippen LogP contribution in [0, 0.1) is 6.92 Å². The summed E-state index contributed by atoms with van der Waals surface area (Å²) < 4.78 is 0. The van der Waals surface area contributed by atoms with Gasteiger partial charge < -0.3 is 4.79 Å². The maximum atomic E-state index is 10.4. The highest BCUT2D eigenvalue weighted by molar-refractivity contribution is 5.75. The Balaban J connectivity index is -0.000000239. The van der Waals surface area contributed by atoms with Gasteiger partial charge in [-0.1, -0.05) is 89.1 Å². The Bertz CT molecular complexity index is 312. The molecule has 21 heavy (non-hydrogen) atoms. The first-order valence-electron chi connectivity index (χ1n) is 8.24. The lowest BCUT2D eigenvalue weighted by Crippen LogP contribution is -1.85. The van der Waals surface area contributed by atoms with Crippen LogP contribution in [0.25, 0.3) is 0 Å². The van der Waals surface area contributed by atoms with E-state index >= 15 is 0 Å². The van der Waals surface area contributed by atoms with Crippen LogP contribution in [0.5, 0.6) is 0 Å². The molecular weight excluding hydrogens is 256 g/mol. The highest BCUT2D eigenvalue weighted by Crippen LogP contribution is 1.93. The Kier molecular flexibility index (Phi) is 27.8. The molecule has 0 aromatic heterocycles. The van der Waals surface area contributed by atoms with Gasteiger partial charge >= 0.3 is 0 Å². The van der Waals surface area contributed by atoms with Crippen LogP contribution in [0.4, 0.5) is 0 Å². The van der Waals surface area contributed by atoms with Gasteiger partial charge in [-0.3, -0.25) is 0 Å². The van der Waals surface area contributed by atoms with Gasteiger partial charge in [0, 0.05) is 6.42 Å². The standard InChI is InChI=1S/C8H14O.C7H8.C3H8.C2H6/c1-3-4-5-6-7-8(2)9;1-7-5-3-2-4-6-7;1-3-2;1-2/h4-5H,3,6-7H2,1-2H3;2-6H,1H3;3H2,1-2H3;1-2H3/b5-4+;;;. The van der Waals surface area contributed by atoms with Crippen molar-refractivity contribution < 1.29 is 4.79 Å². The third-order valence-corrected chi connectivity index (χ3v) is 2.01. The van der Waals surface area contributed by atoms with Crippen LogP contribution in [-0.2, 0) is 4.79 Å². The summed E-state index contributed by atoms with van der Waals surface area (Å²) in [5.41, 5.74) is 1.32. The van der Waals surface area contributed by atoms with Crippen LogP contribution < -0.4 is 0 Å². The van der Waals surface area contributed by atoms with E-state index in [0.29, 0.717) is 6.42 Å². The Labute approximate surface area is 133 Å². The molecular formula is C20H36O. The summed E-state index contributed by atoms with van der Waals surface area (Å²) in [6, 6.07) is 10.3. The van der Waals surface area contributed by atoms with E-state index < -0.39 is 0 Å². The average Bonchev–Trinajstić information content (AvgIpc) is 2.48. The molecule has 0 N–H and O–H groups in total. The van der Waals surface area contributed by atoms with Crippen molar-refractivity contribution in [2.45, 2.75) is 74.1 Å². The number of allylic oxidation sites excluding steroid dienone is 2. The number of carbonyl (C=O) groups is 1. The molecule has 0 bridgehead atoms. The number of hydrogen-bond acceptors (Lipinski definition) is 1. The van der Waals surface area contributed by atoms with Gasteiger partial charge in [-0.15, -0.1) is 0 Å². The smallest absolute Gasteiger partial charge is 0.130 e. The van der Waals surface area contributed by atoms with Crippen LogP contribution >= 0.6 is 0 Å². The summed E-state index contributed by atoms with van der Waals surface area (Å²) >= 11 is 0. The molecule has 0 unspecified atom stereocenters. The number of Topliss-reactive ketones (excluding diaryl/α,β-unsaturated/α-hetero) is 1. The molecule has 0 heterocycles. The molecule has 1 nitrogen and oxygen atoms in total. The normalized spacial score (nSPS) is 8.52. The minimum absolute atomic E-state index is 0.274. The van der Waals surface area contributed by atoms with Gasteiger partial charge in [-0.05, 0) is 26.7 Å². The highest BCUT2D eigenvalue weighted by atomic mass is 16.1. The van der Waals surface area contributed by atoms with Crippen molar-refractivity contribution in [1.29, 1.82) is 0 Å². The van der Waals surface area contributed by atoms with Crippen molar-refractivity contribution in [2.24, 2.45) is 0 Å². The fraction of sp³-hybridized carbons (Fsp3) is 0.550. The second-order valence-electron chi connectivity index (χ2n) is 4.48. The second-order valence-corrected chi connectivity index (χ2v) is 4.48. The number of aryl methyl sites for hydroxylation is 1. The van der Waals surface area contributed by atoms with Crippen molar-refractivity contribution in [1.82, 2.24) is 0 Å². The van der Waals surface area contributed by atoms with Crippen LogP contribution in [-0.4, -0.2) is 5.78 Å². The lowest BCUT2D eigenvalue weighted by molar-refractivity contribution is -0.116. The Morgan fingerprint density at radius 2 is 1.48 bits per heavy atom. The molecule has 1 aromatic carbocycles. The predicted octanol–water partition coefficient (Wildman–Crippen LogP) is 6.76. The first kappa shape index (κ1) is 24.6. The molecule has 0 radical (unpaired) electrons. The van der Waals surface area contributed by atoms with E-state index in [9.17, 15) is 4.79 Å². The number of benzene rings is 1.